The van der Waals surface area contributed by atoms with Gasteiger partial charge in [0.2, 0.25) is 0 Å². The van der Waals surface area contributed by atoms with Crippen LogP contribution in [0.5, 0.6) is 11.5 Å². The predicted molar refractivity (Wildman–Crippen MR) is 99.2 cm³/mol. The highest BCUT2D eigenvalue weighted by Gasteiger charge is 2.48. The molecule has 1 N–H and O–H groups in total. The van der Waals surface area contributed by atoms with Crippen LogP contribution >= 0.6 is 0 Å². The Labute approximate surface area is 163 Å². The molecule has 1 saturated carbocycles. The van der Waals surface area contributed by atoms with Crippen LogP contribution in [0.25, 0.3) is 0 Å². The van der Waals surface area contributed by atoms with Gasteiger partial charge >= 0.3 is 5.97 Å². The van der Waals surface area contributed by atoms with Crippen molar-refractivity contribution in [1.82, 2.24) is 0 Å². The lowest BCUT2D eigenvalue weighted by molar-refractivity contribution is -0.139. The van der Waals surface area contributed by atoms with Crippen molar-refractivity contribution in [2.24, 2.45) is 0 Å². The number of aryl methyl sites for hydroxylation is 1. The Morgan fingerprint density at radius 2 is 1.96 bits per heavy atom. The zero-order valence-corrected chi connectivity index (χ0v) is 16.0. The first-order valence-electron chi connectivity index (χ1n) is 9.00. The van der Waals surface area contributed by atoms with Crippen LogP contribution in [0.4, 0.5) is 0 Å². The van der Waals surface area contributed by atoms with E-state index in [9.17, 15) is 13.2 Å². The minimum absolute atomic E-state index is 0.163. The highest BCUT2D eigenvalue weighted by molar-refractivity contribution is 7.86. The molecule has 1 aliphatic heterocycles. The molecule has 3 atom stereocenters. The largest absolute Gasteiger partial charge is 0.485 e. The van der Waals surface area contributed by atoms with Crippen LogP contribution in [0.3, 0.4) is 0 Å². The highest BCUT2D eigenvalue weighted by Crippen LogP contribution is 2.52. The van der Waals surface area contributed by atoms with Gasteiger partial charge in [-0.05, 0) is 37.5 Å². The zero-order valence-electron chi connectivity index (χ0n) is 15.2. The van der Waals surface area contributed by atoms with Gasteiger partial charge in [-0.2, -0.15) is 8.42 Å². The third kappa shape index (κ3) is 3.33. The number of rotatable bonds is 6. The van der Waals surface area contributed by atoms with Gasteiger partial charge in [-0.3, -0.25) is 4.18 Å². The number of fused-ring (bicyclic) bond motifs is 3. The first kappa shape index (κ1) is 18.8. The third-order valence-electron chi connectivity index (χ3n) is 5.14. The second-order valence-electron chi connectivity index (χ2n) is 6.97. The summed E-state index contributed by atoms with van der Waals surface area (Å²) in [6, 6.07) is 11.9. The van der Waals surface area contributed by atoms with E-state index in [1.54, 1.807) is 37.3 Å². The number of hydrogen-bond acceptors (Lipinski definition) is 6. The summed E-state index contributed by atoms with van der Waals surface area (Å²) in [4.78, 5) is 11.0. The Morgan fingerprint density at radius 1 is 1.18 bits per heavy atom. The molecule has 0 spiro atoms. The molecule has 4 rings (SSSR count). The van der Waals surface area contributed by atoms with Gasteiger partial charge < -0.3 is 14.6 Å². The number of benzene rings is 2. The van der Waals surface area contributed by atoms with E-state index in [2.05, 4.69) is 0 Å². The van der Waals surface area contributed by atoms with Crippen molar-refractivity contribution in [3.8, 4) is 11.5 Å². The Hall–Kier alpha value is -2.58. The molecule has 7 nitrogen and oxygen atoms in total. The van der Waals surface area contributed by atoms with Gasteiger partial charge in [0.1, 0.15) is 6.10 Å². The molecule has 1 heterocycles. The molecule has 0 amide bonds. The molecular weight excluding hydrogens is 384 g/mol. The van der Waals surface area contributed by atoms with E-state index in [4.69, 9.17) is 18.8 Å². The summed E-state index contributed by atoms with van der Waals surface area (Å²) >= 11 is 0. The zero-order chi connectivity index (χ0) is 19.9. The fourth-order valence-electron chi connectivity index (χ4n) is 3.95. The van der Waals surface area contributed by atoms with Crippen LogP contribution in [0.1, 0.15) is 29.9 Å². The second-order valence-corrected chi connectivity index (χ2v) is 8.51. The van der Waals surface area contributed by atoms with Crippen LogP contribution < -0.4 is 9.47 Å². The number of carbonyl (C=O) groups is 1. The maximum absolute atomic E-state index is 12.8. The van der Waals surface area contributed by atoms with E-state index < -0.39 is 28.8 Å². The van der Waals surface area contributed by atoms with Crippen LogP contribution in [-0.4, -0.2) is 38.3 Å². The van der Waals surface area contributed by atoms with Crippen molar-refractivity contribution in [2.75, 3.05) is 6.61 Å². The average molecular weight is 404 g/mol. The molecule has 3 unspecified atom stereocenters. The molecule has 1 fully saturated rings. The summed E-state index contributed by atoms with van der Waals surface area (Å²) < 4.78 is 42.5. The smallest absolute Gasteiger partial charge is 0.341 e. The second kappa shape index (κ2) is 7.10. The molecule has 2 aromatic carbocycles. The van der Waals surface area contributed by atoms with E-state index in [1.807, 2.05) is 6.07 Å². The van der Waals surface area contributed by atoms with Crippen molar-refractivity contribution >= 4 is 16.1 Å². The summed E-state index contributed by atoms with van der Waals surface area (Å²) in [6.45, 7) is 1.25. The van der Waals surface area contributed by atoms with Crippen molar-refractivity contribution < 1.29 is 32.0 Å². The van der Waals surface area contributed by atoms with Crippen molar-refractivity contribution in [2.45, 2.75) is 42.8 Å². The van der Waals surface area contributed by atoms with Gasteiger partial charge in [-0.15, -0.1) is 0 Å². The molecule has 148 valence electrons. The summed E-state index contributed by atoms with van der Waals surface area (Å²) in [5, 5.41) is 8.83. The van der Waals surface area contributed by atoms with Crippen LogP contribution in [-0.2, 0) is 19.1 Å². The molecule has 8 heteroatoms. The Bertz CT molecular complexity index is 1010. The van der Waals surface area contributed by atoms with Crippen LogP contribution in [0, 0.1) is 6.92 Å². The maximum atomic E-state index is 12.8. The Kier molecular flexibility index (Phi) is 4.76. The number of hydrogen-bond donors (Lipinski definition) is 1. The quantitative estimate of drug-likeness (QED) is 0.739. The molecule has 2 aromatic rings. The summed E-state index contributed by atoms with van der Waals surface area (Å²) in [5.41, 5.74) is 1.42. The van der Waals surface area contributed by atoms with Crippen molar-refractivity contribution in [3.63, 3.8) is 0 Å². The first-order chi connectivity index (χ1) is 13.4. The summed E-state index contributed by atoms with van der Waals surface area (Å²) in [7, 11) is -3.91. The van der Waals surface area contributed by atoms with E-state index in [0.29, 0.717) is 29.9 Å². The lowest BCUT2D eigenvalue weighted by atomic mass is 9.95. The van der Waals surface area contributed by atoms with E-state index in [0.717, 1.165) is 5.56 Å². The number of carboxylic acids is 1. The summed E-state index contributed by atoms with van der Waals surface area (Å²) in [6.07, 6.45) is 0.429. The lowest BCUT2D eigenvalue weighted by Gasteiger charge is -2.19. The van der Waals surface area contributed by atoms with Crippen LogP contribution in [0.2, 0.25) is 0 Å². The predicted octanol–water partition coefficient (Wildman–Crippen LogP) is 2.87. The molecular formula is C20H20O7S. The topological polar surface area (TPSA) is 99.1 Å². The Balaban J connectivity index is 1.60. The monoisotopic (exact) mass is 404 g/mol. The van der Waals surface area contributed by atoms with Gasteiger partial charge in [0.25, 0.3) is 10.1 Å². The van der Waals surface area contributed by atoms with Crippen molar-refractivity contribution in [1.29, 1.82) is 0 Å². The van der Waals surface area contributed by atoms with Gasteiger partial charge in [0.15, 0.2) is 18.1 Å². The van der Waals surface area contributed by atoms with Crippen LogP contribution in [0.15, 0.2) is 47.4 Å². The molecule has 28 heavy (non-hydrogen) atoms. The SMILES string of the molecule is Cc1ccccc1S(=O)(=O)OC1CCC2Oc3c(OCC(=O)O)cccc3C21. The molecule has 0 bridgehead atoms. The van der Waals surface area contributed by atoms with E-state index in [1.165, 1.54) is 6.07 Å². The minimum Gasteiger partial charge on any atom is -0.485 e. The molecule has 2 aliphatic rings. The lowest BCUT2D eigenvalue weighted by Crippen LogP contribution is -2.24. The minimum atomic E-state index is -3.91. The average Bonchev–Trinajstić information content (AvgIpc) is 3.20. The first-order valence-corrected chi connectivity index (χ1v) is 10.4. The fourth-order valence-corrected chi connectivity index (χ4v) is 5.30. The van der Waals surface area contributed by atoms with Crippen molar-refractivity contribution in [3.05, 3.63) is 53.6 Å². The fraction of sp³-hybridized carbons (Fsp3) is 0.350. The Morgan fingerprint density at radius 3 is 2.71 bits per heavy atom. The third-order valence-corrected chi connectivity index (χ3v) is 6.64. The number of para-hydroxylation sites is 1. The standard InChI is InChI=1S/C20H20O7S/c1-12-5-2-3-8-17(12)28(23,24)27-15-10-9-14-19(15)13-6-4-7-16(20(13)26-14)25-11-18(21)22/h2-8,14-15,19H,9-11H2,1H3,(H,21,22). The maximum Gasteiger partial charge on any atom is 0.341 e. The molecule has 0 saturated heterocycles. The normalized spacial score (nSPS) is 23.0. The number of ether oxygens (including phenoxy) is 2. The van der Waals surface area contributed by atoms with Gasteiger partial charge in [-0.25, -0.2) is 4.79 Å². The molecule has 0 radical (unpaired) electrons. The van der Waals surface area contributed by atoms with Gasteiger partial charge in [0, 0.05) is 5.56 Å². The summed E-state index contributed by atoms with van der Waals surface area (Å²) in [5.74, 6) is -0.515. The van der Waals surface area contributed by atoms with Gasteiger partial charge in [-0.1, -0.05) is 30.3 Å². The number of aliphatic carboxylic acids is 1. The van der Waals surface area contributed by atoms with E-state index in [-0.39, 0.29) is 16.9 Å². The molecule has 0 aromatic heterocycles. The number of carboxylic acid groups (broad SMARTS) is 1. The van der Waals surface area contributed by atoms with Gasteiger partial charge in [0.05, 0.1) is 16.9 Å². The highest BCUT2D eigenvalue weighted by atomic mass is 32.2. The van der Waals surface area contributed by atoms with E-state index >= 15 is 0 Å². The molecule has 1 aliphatic carbocycles.